The predicted molar refractivity (Wildman–Crippen MR) is 89.0 cm³/mol. The molecule has 112 valence electrons. The minimum absolute atomic E-state index is 0. The van der Waals surface area contributed by atoms with Gasteiger partial charge in [-0.05, 0) is 62.7 Å². The summed E-state index contributed by atoms with van der Waals surface area (Å²) >= 11 is 1.85. The van der Waals surface area contributed by atoms with E-state index in [1.165, 1.54) is 11.3 Å². The summed E-state index contributed by atoms with van der Waals surface area (Å²) in [5.74, 6) is 1.20. The number of thioether (sulfide) groups is 1. The van der Waals surface area contributed by atoms with Crippen molar-refractivity contribution >= 4 is 35.8 Å². The van der Waals surface area contributed by atoms with Crippen LogP contribution in [-0.4, -0.2) is 23.7 Å². The maximum atomic E-state index is 12.2. The van der Waals surface area contributed by atoms with Gasteiger partial charge in [-0.15, -0.1) is 24.2 Å². The molecule has 0 spiro atoms. The average molecular weight is 315 g/mol. The average Bonchev–Trinajstić information content (AvgIpc) is 2.86. The summed E-state index contributed by atoms with van der Waals surface area (Å²) in [7, 11) is 0. The Bertz CT molecular complexity index is 430. The molecule has 0 aliphatic carbocycles. The van der Waals surface area contributed by atoms with Crippen LogP contribution in [0, 0.1) is 0 Å². The summed E-state index contributed by atoms with van der Waals surface area (Å²) in [5.41, 5.74) is 0.469. The van der Waals surface area contributed by atoms with E-state index in [0.29, 0.717) is 0 Å². The standard InChI is InChI=1S/C15H22N2OS.ClH/c1-3-11-19-13-7-5-12(6-8-13)17-14(18)15(2)9-4-10-16-15;/h5-8,16H,3-4,9-11H2,1-2H3,(H,17,18);1H/t15-;/m0./s1. The van der Waals surface area contributed by atoms with Crippen LogP contribution in [0.2, 0.25) is 0 Å². The van der Waals surface area contributed by atoms with E-state index in [-0.39, 0.29) is 18.3 Å². The van der Waals surface area contributed by atoms with Gasteiger partial charge < -0.3 is 10.6 Å². The molecule has 1 saturated heterocycles. The van der Waals surface area contributed by atoms with Gasteiger partial charge in [0, 0.05) is 10.6 Å². The number of amides is 1. The molecule has 2 rings (SSSR count). The van der Waals surface area contributed by atoms with E-state index in [2.05, 4.69) is 29.7 Å². The van der Waals surface area contributed by atoms with E-state index in [4.69, 9.17) is 0 Å². The molecule has 0 aromatic heterocycles. The Labute approximate surface area is 131 Å². The van der Waals surface area contributed by atoms with Crippen LogP contribution in [0.15, 0.2) is 29.2 Å². The fraction of sp³-hybridized carbons (Fsp3) is 0.533. The molecule has 1 aliphatic heterocycles. The van der Waals surface area contributed by atoms with Crippen molar-refractivity contribution in [3.8, 4) is 0 Å². The van der Waals surface area contributed by atoms with Crippen molar-refractivity contribution in [3.05, 3.63) is 24.3 Å². The Morgan fingerprint density at radius 3 is 2.65 bits per heavy atom. The number of carbonyl (C=O) groups excluding carboxylic acids is 1. The predicted octanol–water partition coefficient (Wildman–Crippen LogP) is 3.69. The smallest absolute Gasteiger partial charge is 0.244 e. The Morgan fingerprint density at radius 2 is 2.10 bits per heavy atom. The number of hydrogen-bond donors (Lipinski definition) is 2. The quantitative estimate of drug-likeness (QED) is 0.814. The fourth-order valence-electron chi connectivity index (χ4n) is 2.21. The van der Waals surface area contributed by atoms with Crippen molar-refractivity contribution < 1.29 is 4.79 Å². The van der Waals surface area contributed by atoms with Crippen LogP contribution in [0.5, 0.6) is 0 Å². The molecule has 1 aliphatic rings. The number of anilines is 1. The molecule has 3 nitrogen and oxygen atoms in total. The van der Waals surface area contributed by atoms with Gasteiger partial charge in [-0.1, -0.05) is 6.92 Å². The monoisotopic (exact) mass is 314 g/mol. The van der Waals surface area contributed by atoms with Gasteiger partial charge in [0.05, 0.1) is 5.54 Å². The van der Waals surface area contributed by atoms with E-state index in [1.54, 1.807) is 0 Å². The lowest BCUT2D eigenvalue weighted by molar-refractivity contribution is -0.121. The summed E-state index contributed by atoms with van der Waals surface area (Å²) in [6.07, 6.45) is 3.15. The number of halogens is 1. The number of carbonyl (C=O) groups is 1. The highest BCUT2D eigenvalue weighted by molar-refractivity contribution is 7.99. The van der Waals surface area contributed by atoms with Crippen molar-refractivity contribution in [2.45, 2.75) is 43.5 Å². The van der Waals surface area contributed by atoms with E-state index in [1.807, 2.05) is 30.8 Å². The Hall–Kier alpha value is -0.710. The zero-order chi connectivity index (χ0) is 13.7. The molecule has 1 fully saturated rings. The molecule has 1 aromatic carbocycles. The van der Waals surface area contributed by atoms with Crippen molar-refractivity contribution in [1.82, 2.24) is 5.32 Å². The summed E-state index contributed by atoms with van der Waals surface area (Å²) in [4.78, 5) is 13.5. The molecule has 1 aromatic rings. The van der Waals surface area contributed by atoms with Crippen LogP contribution < -0.4 is 10.6 Å². The van der Waals surface area contributed by atoms with Crippen LogP contribution in [0.25, 0.3) is 0 Å². The minimum atomic E-state index is -0.407. The first-order chi connectivity index (χ1) is 9.14. The SMILES string of the molecule is CCCSc1ccc(NC(=O)[C@]2(C)CCCN2)cc1.Cl. The van der Waals surface area contributed by atoms with Gasteiger partial charge in [-0.25, -0.2) is 0 Å². The van der Waals surface area contributed by atoms with E-state index in [9.17, 15) is 4.79 Å². The number of hydrogen-bond acceptors (Lipinski definition) is 3. The van der Waals surface area contributed by atoms with E-state index in [0.717, 1.165) is 30.8 Å². The second kappa shape index (κ2) is 7.91. The van der Waals surface area contributed by atoms with Gasteiger partial charge in [0.25, 0.3) is 0 Å². The summed E-state index contributed by atoms with van der Waals surface area (Å²) in [6.45, 7) is 5.08. The first-order valence-corrected chi connectivity index (χ1v) is 7.92. The minimum Gasteiger partial charge on any atom is -0.324 e. The van der Waals surface area contributed by atoms with Gasteiger partial charge in [0.1, 0.15) is 0 Å². The van der Waals surface area contributed by atoms with E-state index >= 15 is 0 Å². The molecule has 1 heterocycles. The van der Waals surface area contributed by atoms with Gasteiger partial charge in [-0.2, -0.15) is 0 Å². The third-order valence-corrected chi connectivity index (χ3v) is 4.67. The zero-order valence-corrected chi connectivity index (χ0v) is 13.7. The first-order valence-electron chi connectivity index (χ1n) is 6.93. The maximum Gasteiger partial charge on any atom is 0.244 e. The highest BCUT2D eigenvalue weighted by atomic mass is 35.5. The zero-order valence-electron chi connectivity index (χ0n) is 12.1. The van der Waals surface area contributed by atoms with Gasteiger partial charge in [0.2, 0.25) is 5.91 Å². The van der Waals surface area contributed by atoms with Gasteiger partial charge in [-0.3, -0.25) is 4.79 Å². The van der Waals surface area contributed by atoms with Crippen molar-refractivity contribution in [1.29, 1.82) is 0 Å². The Balaban J connectivity index is 0.00000200. The second-order valence-electron chi connectivity index (χ2n) is 5.19. The molecule has 0 unspecified atom stereocenters. The summed E-state index contributed by atoms with van der Waals surface area (Å²) in [5, 5.41) is 6.27. The molecule has 1 amide bonds. The lowest BCUT2D eigenvalue weighted by Crippen LogP contribution is -2.47. The molecule has 20 heavy (non-hydrogen) atoms. The van der Waals surface area contributed by atoms with E-state index < -0.39 is 5.54 Å². The highest BCUT2D eigenvalue weighted by Crippen LogP contribution is 2.23. The molecule has 1 atom stereocenters. The van der Waals surface area contributed by atoms with Crippen LogP contribution in [0.1, 0.15) is 33.1 Å². The third-order valence-electron chi connectivity index (χ3n) is 3.45. The van der Waals surface area contributed by atoms with Crippen molar-refractivity contribution in [2.75, 3.05) is 17.6 Å². The second-order valence-corrected chi connectivity index (χ2v) is 6.36. The van der Waals surface area contributed by atoms with Gasteiger partial charge in [0.15, 0.2) is 0 Å². The summed E-state index contributed by atoms with van der Waals surface area (Å²) < 4.78 is 0. The third kappa shape index (κ3) is 4.40. The molecule has 0 bridgehead atoms. The lowest BCUT2D eigenvalue weighted by Gasteiger charge is -2.23. The van der Waals surface area contributed by atoms with Crippen LogP contribution in [0.4, 0.5) is 5.69 Å². The largest absolute Gasteiger partial charge is 0.324 e. The topological polar surface area (TPSA) is 41.1 Å². The number of rotatable bonds is 5. The van der Waals surface area contributed by atoms with Crippen LogP contribution >= 0.6 is 24.2 Å². The first kappa shape index (κ1) is 17.3. The lowest BCUT2D eigenvalue weighted by atomic mass is 9.99. The maximum absolute atomic E-state index is 12.2. The molecule has 5 heteroatoms. The molecule has 0 radical (unpaired) electrons. The molecular weight excluding hydrogens is 292 g/mol. The van der Waals surface area contributed by atoms with Crippen LogP contribution in [-0.2, 0) is 4.79 Å². The number of nitrogens with one attached hydrogen (secondary N) is 2. The van der Waals surface area contributed by atoms with Gasteiger partial charge >= 0.3 is 0 Å². The fourth-order valence-corrected chi connectivity index (χ4v) is 2.98. The van der Waals surface area contributed by atoms with Crippen molar-refractivity contribution in [2.24, 2.45) is 0 Å². The normalized spacial score (nSPS) is 21.3. The summed E-state index contributed by atoms with van der Waals surface area (Å²) in [6, 6.07) is 8.10. The molecular formula is C15H23ClN2OS. The number of benzene rings is 1. The van der Waals surface area contributed by atoms with Crippen molar-refractivity contribution in [3.63, 3.8) is 0 Å². The Morgan fingerprint density at radius 1 is 1.40 bits per heavy atom. The Kier molecular flexibility index (Phi) is 6.86. The molecule has 2 N–H and O–H groups in total. The molecule has 0 saturated carbocycles. The van der Waals surface area contributed by atoms with Crippen LogP contribution in [0.3, 0.4) is 0 Å². The highest BCUT2D eigenvalue weighted by Gasteiger charge is 2.35.